The fourth-order valence-electron chi connectivity index (χ4n) is 2.95. The second-order valence-electron chi connectivity index (χ2n) is 5.02. The summed E-state index contributed by atoms with van der Waals surface area (Å²) in [6, 6.07) is 14.1. The third-order valence-electron chi connectivity index (χ3n) is 3.74. The van der Waals surface area contributed by atoms with Crippen LogP contribution in [0.3, 0.4) is 0 Å². The lowest BCUT2D eigenvalue weighted by atomic mass is 9.99. The molecule has 0 N–H and O–H groups in total. The first-order valence-electron chi connectivity index (χ1n) is 7.38. The zero-order valence-electron chi connectivity index (χ0n) is 12.3. The molecule has 2 aromatic carbocycles. The molecular weight excluding hydrogens is 260 g/mol. The summed E-state index contributed by atoms with van der Waals surface area (Å²) >= 11 is 0. The normalized spacial score (nSPS) is 13.9. The maximum atomic E-state index is 12.2. The van der Waals surface area contributed by atoms with Crippen molar-refractivity contribution in [3.8, 4) is 11.1 Å². The van der Waals surface area contributed by atoms with Gasteiger partial charge in [0.1, 0.15) is 0 Å². The van der Waals surface area contributed by atoms with Gasteiger partial charge >= 0.3 is 5.97 Å². The summed E-state index contributed by atoms with van der Waals surface area (Å²) in [6.07, 6.45) is 3.19. The van der Waals surface area contributed by atoms with Crippen LogP contribution in [-0.4, -0.2) is 12.6 Å². The molecule has 0 radical (unpaired) electrons. The number of benzene rings is 2. The molecule has 21 heavy (non-hydrogen) atoms. The fourth-order valence-corrected chi connectivity index (χ4v) is 2.95. The van der Waals surface area contributed by atoms with Gasteiger partial charge in [0, 0.05) is 5.56 Å². The number of rotatable bonds is 3. The predicted molar refractivity (Wildman–Crippen MR) is 85.2 cm³/mol. The second kappa shape index (κ2) is 5.57. The average Bonchev–Trinajstić information content (AvgIpc) is 2.83. The first-order chi connectivity index (χ1) is 10.3. The van der Waals surface area contributed by atoms with Gasteiger partial charge < -0.3 is 4.74 Å². The van der Waals surface area contributed by atoms with Crippen molar-refractivity contribution in [3.63, 3.8) is 0 Å². The number of esters is 1. The second-order valence-corrected chi connectivity index (χ2v) is 5.02. The number of fused-ring (bicyclic) bond motifs is 3. The number of hydrogen-bond donors (Lipinski definition) is 0. The van der Waals surface area contributed by atoms with Gasteiger partial charge in [-0.3, -0.25) is 0 Å². The van der Waals surface area contributed by atoms with E-state index in [2.05, 4.69) is 31.2 Å². The zero-order chi connectivity index (χ0) is 14.8. The SMILES string of the molecule is CCC=C1c2ccccc2-c2c(C(=O)OCC)cccc21. The van der Waals surface area contributed by atoms with Crippen molar-refractivity contribution in [1.29, 1.82) is 0 Å². The quantitative estimate of drug-likeness (QED) is 0.650. The Labute approximate surface area is 125 Å². The summed E-state index contributed by atoms with van der Waals surface area (Å²) in [6.45, 7) is 4.35. The van der Waals surface area contributed by atoms with Gasteiger partial charge in [-0.05, 0) is 41.7 Å². The van der Waals surface area contributed by atoms with Crippen molar-refractivity contribution in [3.05, 3.63) is 65.2 Å². The minimum Gasteiger partial charge on any atom is -0.462 e. The van der Waals surface area contributed by atoms with Crippen LogP contribution in [-0.2, 0) is 4.74 Å². The molecule has 0 saturated heterocycles. The van der Waals surface area contributed by atoms with E-state index in [1.807, 2.05) is 31.2 Å². The highest BCUT2D eigenvalue weighted by Crippen LogP contribution is 2.46. The van der Waals surface area contributed by atoms with Gasteiger partial charge in [-0.15, -0.1) is 0 Å². The van der Waals surface area contributed by atoms with Gasteiger partial charge in [-0.25, -0.2) is 4.79 Å². The molecule has 0 atom stereocenters. The van der Waals surface area contributed by atoms with Crippen LogP contribution < -0.4 is 0 Å². The number of carbonyl (C=O) groups is 1. The molecule has 106 valence electrons. The molecule has 0 fully saturated rings. The summed E-state index contributed by atoms with van der Waals surface area (Å²) in [5, 5.41) is 0. The van der Waals surface area contributed by atoms with Crippen LogP contribution in [0, 0.1) is 0 Å². The van der Waals surface area contributed by atoms with Gasteiger partial charge in [0.25, 0.3) is 0 Å². The predicted octanol–water partition coefficient (Wildman–Crippen LogP) is 4.69. The maximum absolute atomic E-state index is 12.2. The molecule has 1 aliphatic rings. The third kappa shape index (κ3) is 2.17. The topological polar surface area (TPSA) is 26.3 Å². The summed E-state index contributed by atoms with van der Waals surface area (Å²) < 4.78 is 5.21. The monoisotopic (exact) mass is 278 g/mol. The average molecular weight is 278 g/mol. The fraction of sp³-hybridized carbons (Fsp3) is 0.211. The molecule has 0 heterocycles. The van der Waals surface area contributed by atoms with Crippen LogP contribution in [0.25, 0.3) is 16.7 Å². The van der Waals surface area contributed by atoms with Gasteiger partial charge in [-0.1, -0.05) is 49.4 Å². The molecule has 2 heteroatoms. The number of allylic oxidation sites excluding steroid dienone is 1. The standard InChI is InChI=1S/C19H18O2/c1-3-8-13-14-9-5-6-10-15(14)18-16(13)11-7-12-17(18)19(20)21-4-2/h5-12H,3-4H2,1-2H3. The first-order valence-corrected chi connectivity index (χ1v) is 7.38. The van der Waals surface area contributed by atoms with E-state index in [-0.39, 0.29) is 5.97 Å². The molecule has 0 saturated carbocycles. The van der Waals surface area contributed by atoms with Gasteiger partial charge in [0.2, 0.25) is 0 Å². The van der Waals surface area contributed by atoms with Crippen molar-refractivity contribution < 1.29 is 9.53 Å². The lowest BCUT2D eigenvalue weighted by molar-refractivity contribution is 0.0527. The van der Waals surface area contributed by atoms with E-state index in [0.717, 1.165) is 23.1 Å². The van der Waals surface area contributed by atoms with Crippen LogP contribution in [0.4, 0.5) is 0 Å². The Balaban J connectivity index is 2.27. The smallest absolute Gasteiger partial charge is 0.338 e. The summed E-state index contributed by atoms with van der Waals surface area (Å²) in [5.74, 6) is -0.248. The van der Waals surface area contributed by atoms with Crippen LogP contribution >= 0.6 is 0 Å². The largest absolute Gasteiger partial charge is 0.462 e. The van der Waals surface area contributed by atoms with E-state index in [4.69, 9.17) is 4.74 Å². The van der Waals surface area contributed by atoms with Gasteiger partial charge in [0.15, 0.2) is 0 Å². The Bertz CT molecular complexity index is 726. The molecule has 0 aromatic heterocycles. The Kier molecular flexibility index (Phi) is 3.61. The van der Waals surface area contributed by atoms with Gasteiger partial charge in [0.05, 0.1) is 12.2 Å². The van der Waals surface area contributed by atoms with Gasteiger partial charge in [-0.2, -0.15) is 0 Å². The van der Waals surface area contributed by atoms with Crippen LogP contribution in [0.2, 0.25) is 0 Å². The van der Waals surface area contributed by atoms with Crippen molar-refractivity contribution in [2.75, 3.05) is 6.61 Å². The zero-order valence-corrected chi connectivity index (χ0v) is 12.3. The van der Waals surface area contributed by atoms with Crippen molar-refractivity contribution in [1.82, 2.24) is 0 Å². The van der Waals surface area contributed by atoms with Crippen molar-refractivity contribution in [2.24, 2.45) is 0 Å². The molecule has 0 bridgehead atoms. The molecule has 0 unspecified atom stereocenters. The molecule has 2 nitrogen and oxygen atoms in total. The molecule has 0 amide bonds. The molecule has 0 spiro atoms. The molecule has 0 aliphatic heterocycles. The maximum Gasteiger partial charge on any atom is 0.338 e. The van der Waals surface area contributed by atoms with E-state index in [1.54, 1.807) is 0 Å². The molecule has 2 aromatic rings. The van der Waals surface area contributed by atoms with Crippen LogP contribution in [0.1, 0.15) is 41.8 Å². The highest BCUT2D eigenvalue weighted by Gasteiger charge is 2.27. The van der Waals surface area contributed by atoms with E-state index < -0.39 is 0 Å². The van der Waals surface area contributed by atoms with E-state index in [9.17, 15) is 4.79 Å². The number of hydrogen-bond acceptors (Lipinski definition) is 2. The van der Waals surface area contributed by atoms with E-state index in [0.29, 0.717) is 12.2 Å². The molecule has 3 rings (SSSR count). The Morgan fingerprint density at radius 2 is 1.71 bits per heavy atom. The minimum absolute atomic E-state index is 0.248. The van der Waals surface area contributed by atoms with E-state index >= 15 is 0 Å². The third-order valence-corrected chi connectivity index (χ3v) is 3.74. The Morgan fingerprint density at radius 1 is 1.00 bits per heavy atom. The lowest BCUT2D eigenvalue weighted by Crippen LogP contribution is -2.06. The summed E-state index contributed by atoms with van der Waals surface area (Å²) in [4.78, 5) is 12.2. The number of ether oxygens (including phenoxy) is 1. The molecule has 1 aliphatic carbocycles. The summed E-state index contributed by atoms with van der Waals surface area (Å²) in [5.41, 5.74) is 6.33. The summed E-state index contributed by atoms with van der Waals surface area (Å²) in [7, 11) is 0. The number of carbonyl (C=O) groups excluding carboxylic acids is 1. The lowest BCUT2D eigenvalue weighted by Gasteiger charge is -2.08. The van der Waals surface area contributed by atoms with Crippen molar-refractivity contribution in [2.45, 2.75) is 20.3 Å². The minimum atomic E-state index is -0.248. The molecular formula is C19H18O2. The van der Waals surface area contributed by atoms with Crippen LogP contribution in [0.5, 0.6) is 0 Å². The van der Waals surface area contributed by atoms with Crippen molar-refractivity contribution >= 4 is 11.5 Å². The highest BCUT2D eigenvalue weighted by atomic mass is 16.5. The van der Waals surface area contributed by atoms with E-state index in [1.165, 1.54) is 11.1 Å². The Morgan fingerprint density at radius 3 is 2.43 bits per heavy atom. The first kappa shape index (κ1) is 13.6. The Hall–Kier alpha value is -2.35. The van der Waals surface area contributed by atoms with Crippen LogP contribution in [0.15, 0.2) is 48.5 Å². The highest BCUT2D eigenvalue weighted by molar-refractivity contribution is 6.09.